The first kappa shape index (κ1) is 14.8. The fourth-order valence-corrected chi connectivity index (χ4v) is 2.11. The molecule has 0 saturated heterocycles. The molecule has 0 amide bonds. The highest BCUT2D eigenvalue weighted by molar-refractivity contribution is 5.68. The number of benzene rings is 1. The van der Waals surface area contributed by atoms with Gasteiger partial charge in [-0.2, -0.15) is 0 Å². The van der Waals surface area contributed by atoms with Crippen LogP contribution in [0.1, 0.15) is 37.0 Å². The minimum absolute atomic E-state index is 0.969. The first-order chi connectivity index (χ1) is 8.60. The minimum Gasteiger partial charge on any atom is -0.496 e. The smallest absolute Gasteiger partial charge is 0.122 e. The van der Waals surface area contributed by atoms with Gasteiger partial charge in [-0.1, -0.05) is 13.0 Å². The van der Waals surface area contributed by atoms with E-state index >= 15 is 0 Å². The Bertz CT molecular complexity index is 421. The lowest BCUT2D eigenvalue weighted by atomic mass is 9.98. The normalized spacial score (nSPS) is 11.7. The Morgan fingerprint density at radius 2 is 2.00 bits per heavy atom. The molecule has 0 aliphatic carbocycles. The summed E-state index contributed by atoms with van der Waals surface area (Å²) in [5.74, 6) is 0.969. The first-order valence-electron chi connectivity index (χ1n) is 6.63. The van der Waals surface area contributed by atoms with Gasteiger partial charge in [-0.15, -0.1) is 0 Å². The summed E-state index contributed by atoms with van der Waals surface area (Å²) in [5.41, 5.74) is 5.13. The highest BCUT2D eigenvalue weighted by Crippen LogP contribution is 2.27. The maximum Gasteiger partial charge on any atom is 0.122 e. The van der Waals surface area contributed by atoms with E-state index in [0.717, 1.165) is 25.3 Å². The quantitative estimate of drug-likeness (QED) is 0.774. The van der Waals surface area contributed by atoms with E-state index in [0.29, 0.717) is 0 Å². The average molecular weight is 247 g/mol. The summed E-state index contributed by atoms with van der Waals surface area (Å²) in [6.45, 7) is 10.6. The fraction of sp³-hybridized carbons (Fsp3) is 0.500. The third-order valence-electron chi connectivity index (χ3n) is 3.19. The molecule has 0 aliphatic heterocycles. The summed E-state index contributed by atoms with van der Waals surface area (Å²) in [5, 5.41) is 3.33. The second-order valence-electron chi connectivity index (χ2n) is 4.67. The van der Waals surface area contributed by atoms with Crippen LogP contribution in [0.25, 0.3) is 5.57 Å². The van der Waals surface area contributed by atoms with Crippen molar-refractivity contribution in [3.63, 3.8) is 0 Å². The number of methoxy groups -OCH3 is 1. The molecule has 0 aliphatic rings. The van der Waals surface area contributed by atoms with Crippen molar-refractivity contribution in [3.8, 4) is 5.75 Å². The van der Waals surface area contributed by atoms with Gasteiger partial charge in [0.2, 0.25) is 0 Å². The number of nitrogens with one attached hydrogen (secondary N) is 1. The van der Waals surface area contributed by atoms with Gasteiger partial charge in [-0.3, -0.25) is 0 Å². The number of hydrogen-bond acceptors (Lipinski definition) is 2. The van der Waals surface area contributed by atoms with Gasteiger partial charge in [0.05, 0.1) is 7.11 Å². The van der Waals surface area contributed by atoms with E-state index in [1.165, 1.54) is 22.3 Å². The van der Waals surface area contributed by atoms with Gasteiger partial charge in [0.25, 0.3) is 0 Å². The van der Waals surface area contributed by atoms with Crippen LogP contribution in [-0.4, -0.2) is 20.2 Å². The minimum atomic E-state index is 0.969. The van der Waals surface area contributed by atoms with Crippen molar-refractivity contribution in [2.45, 2.75) is 34.1 Å². The van der Waals surface area contributed by atoms with Gasteiger partial charge in [-0.05, 0) is 74.7 Å². The third-order valence-corrected chi connectivity index (χ3v) is 3.19. The van der Waals surface area contributed by atoms with Crippen molar-refractivity contribution >= 4 is 5.57 Å². The van der Waals surface area contributed by atoms with Crippen LogP contribution in [0.3, 0.4) is 0 Å². The summed E-state index contributed by atoms with van der Waals surface area (Å²) in [4.78, 5) is 0. The van der Waals surface area contributed by atoms with Crippen LogP contribution in [0.4, 0.5) is 0 Å². The topological polar surface area (TPSA) is 21.3 Å². The molecule has 1 rings (SSSR count). The summed E-state index contributed by atoms with van der Waals surface area (Å²) in [7, 11) is 1.72. The predicted molar refractivity (Wildman–Crippen MR) is 79.3 cm³/mol. The average Bonchev–Trinajstić information content (AvgIpc) is 2.36. The molecule has 0 bridgehead atoms. The van der Waals surface area contributed by atoms with Crippen LogP contribution in [0.2, 0.25) is 0 Å². The summed E-state index contributed by atoms with van der Waals surface area (Å²) < 4.78 is 5.34. The maximum absolute atomic E-state index is 5.34. The fourth-order valence-electron chi connectivity index (χ4n) is 2.11. The van der Waals surface area contributed by atoms with E-state index in [9.17, 15) is 0 Å². The molecule has 100 valence electrons. The van der Waals surface area contributed by atoms with Crippen LogP contribution in [0.15, 0.2) is 18.2 Å². The highest BCUT2D eigenvalue weighted by atomic mass is 16.5. The molecule has 1 aromatic rings. The molecular weight excluding hydrogens is 222 g/mol. The Balaban J connectivity index is 2.85. The van der Waals surface area contributed by atoms with Crippen molar-refractivity contribution in [2.75, 3.05) is 20.2 Å². The molecule has 0 spiro atoms. The van der Waals surface area contributed by atoms with E-state index in [1.807, 2.05) is 0 Å². The van der Waals surface area contributed by atoms with Gasteiger partial charge in [0.15, 0.2) is 0 Å². The Hall–Kier alpha value is -1.28. The zero-order valence-corrected chi connectivity index (χ0v) is 12.3. The number of allylic oxidation sites excluding steroid dienone is 1. The molecule has 1 N–H and O–H groups in total. The zero-order valence-electron chi connectivity index (χ0n) is 12.3. The number of aryl methyl sites for hydroxylation is 2. The van der Waals surface area contributed by atoms with E-state index in [-0.39, 0.29) is 0 Å². The summed E-state index contributed by atoms with van der Waals surface area (Å²) in [6, 6.07) is 4.33. The second-order valence-corrected chi connectivity index (χ2v) is 4.67. The lowest BCUT2D eigenvalue weighted by molar-refractivity contribution is 0.411. The molecule has 0 radical (unpaired) electrons. The van der Waals surface area contributed by atoms with E-state index in [2.05, 4.69) is 51.2 Å². The second kappa shape index (κ2) is 7.22. The largest absolute Gasteiger partial charge is 0.496 e. The van der Waals surface area contributed by atoms with Crippen LogP contribution in [0.5, 0.6) is 5.75 Å². The van der Waals surface area contributed by atoms with Crippen LogP contribution < -0.4 is 10.1 Å². The monoisotopic (exact) mass is 247 g/mol. The predicted octanol–water partition coefficient (Wildman–Crippen LogP) is 3.71. The molecule has 2 heteroatoms. The number of ether oxygens (including phenoxy) is 1. The molecule has 18 heavy (non-hydrogen) atoms. The third kappa shape index (κ3) is 3.88. The molecule has 2 nitrogen and oxygen atoms in total. The molecule has 1 aromatic carbocycles. The Morgan fingerprint density at radius 3 is 2.61 bits per heavy atom. The summed E-state index contributed by atoms with van der Waals surface area (Å²) in [6.07, 6.45) is 3.38. The molecule has 0 fully saturated rings. The Labute approximate surface area is 111 Å². The van der Waals surface area contributed by atoms with Gasteiger partial charge in [-0.25, -0.2) is 0 Å². The Kier molecular flexibility index (Phi) is 5.93. The van der Waals surface area contributed by atoms with E-state index in [4.69, 9.17) is 4.74 Å². The molecule has 0 heterocycles. The molecule has 0 aromatic heterocycles. The van der Waals surface area contributed by atoms with Crippen molar-refractivity contribution in [3.05, 3.63) is 34.9 Å². The van der Waals surface area contributed by atoms with Crippen molar-refractivity contribution in [2.24, 2.45) is 0 Å². The van der Waals surface area contributed by atoms with Crippen LogP contribution in [-0.2, 0) is 0 Å². The van der Waals surface area contributed by atoms with E-state index in [1.54, 1.807) is 7.11 Å². The van der Waals surface area contributed by atoms with Gasteiger partial charge in [0.1, 0.15) is 5.75 Å². The number of rotatable bonds is 6. The lowest BCUT2D eigenvalue weighted by Crippen LogP contribution is -2.13. The maximum atomic E-state index is 5.34. The number of hydrogen-bond donors (Lipinski definition) is 1. The van der Waals surface area contributed by atoms with E-state index < -0.39 is 0 Å². The van der Waals surface area contributed by atoms with Gasteiger partial charge in [0, 0.05) is 0 Å². The van der Waals surface area contributed by atoms with Gasteiger partial charge < -0.3 is 10.1 Å². The van der Waals surface area contributed by atoms with Crippen molar-refractivity contribution in [1.82, 2.24) is 5.32 Å². The first-order valence-corrected chi connectivity index (χ1v) is 6.63. The van der Waals surface area contributed by atoms with Crippen LogP contribution >= 0.6 is 0 Å². The molecule has 0 saturated carbocycles. The zero-order chi connectivity index (χ0) is 13.5. The van der Waals surface area contributed by atoms with Gasteiger partial charge >= 0.3 is 0 Å². The standard InChI is InChI=1S/C16H25NO/c1-6-17-9-7-8-12(2)15-10-14(4)16(18-5)11-13(15)3/h8,10-11,17H,6-7,9H2,1-5H3/b12-8-. The Morgan fingerprint density at radius 1 is 1.28 bits per heavy atom. The molecule has 0 unspecified atom stereocenters. The van der Waals surface area contributed by atoms with Crippen molar-refractivity contribution in [1.29, 1.82) is 0 Å². The lowest BCUT2D eigenvalue weighted by Gasteiger charge is -2.12. The molecule has 0 atom stereocenters. The molecular formula is C16H25NO. The summed E-state index contributed by atoms with van der Waals surface area (Å²) >= 11 is 0. The van der Waals surface area contributed by atoms with Crippen LogP contribution in [0, 0.1) is 13.8 Å². The van der Waals surface area contributed by atoms with Crippen molar-refractivity contribution < 1.29 is 4.74 Å². The highest BCUT2D eigenvalue weighted by Gasteiger charge is 2.05. The SMILES string of the molecule is CCNCC/C=C(/C)c1cc(C)c(OC)cc1C.